The van der Waals surface area contributed by atoms with Gasteiger partial charge in [-0.1, -0.05) is 0 Å². The first-order valence-corrected chi connectivity index (χ1v) is 3.99. The van der Waals surface area contributed by atoms with Crippen molar-refractivity contribution >= 4 is 15.9 Å². The summed E-state index contributed by atoms with van der Waals surface area (Å²) in [7, 11) is 0. The van der Waals surface area contributed by atoms with Crippen molar-refractivity contribution in [1.29, 1.82) is 0 Å². The standard InChI is InChI=1S/C6H6BrFN2O2/c7-4-3-10(2-1-8)6(12)9-5(4)11/h3H,1-2H2,(H,9,11,12). The van der Waals surface area contributed by atoms with E-state index in [0.717, 1.165) is 4.57 Å². The summed E-state index contributed by atoms with van der Waals surface area (Å²) >= 11 is 2.92. The maximum atomic E-state index is 11.8. The Morgan fingerprint density at radius 3 is 2.83 bits per heavy atom. The van der Waals surface area contributed by atoms with Crippen molar-refractivity contribution in [3.05, 3.63) is 31.5 Å². The van der Waals surface area contributed by atoms with E-state index in [1.54, 1.807) is 0 Å². The van der Waals surface area contributed by atoms with Gasteiger partial charge in [0.25, 0.3) is 5.56 Å². The van der Waals surface area contributed by atoms with Crippen LogP contribution in [0.5, 0.6) is 0 Å². The molecule has 66 valence electrons. The molecule has 0 aromatic carbocycles. The maximum Gasteiger partial charge on any atom is 0.328 e. The SMILES string of the molecule is O=c1[nH]c(=O)n(CCF)cc1Br. The minimum atomic E-state index is -0.640. The Morgan fingerprint density at radius 2 is 2.25 bits per heavy atom. The molecule has 4 nitrogen and oxygen atoms in total. The van der Waals surface area contributed by atoms with Crippen LogP contribution < -0.4 is 11.2 Å². The monoisotopic (exact) mass is 236 g/mol. The number of hydrogen-bond acceptors (Lipinski definition) is 2. The Hall–Kier alpha value is -0.910. The van der Waals surface area contributed by atoms with Gasteiger partial charge in [-0.15, -0.1) is 0 Å². The molecule has 0 aliphatic heterocycles. The van der Waals surface area contributed by atoms with Gasteiger partial charge in [0, 0.05) is 6.20 Å². The largest absolute Gasteiger partial charge is 0.328 e. The molecule has 0 saturated carbocycles. The predicted molar refractivity (Wildman–Crippen MR) is 45.0 cm³/mol. The van der Waals surface area contributed by atoms with Crippen LogP contribution in [-0.4, -0.2) is 16.2 Å². The second-order valence-electron chi connectivity index (χ2n) is 2.12. The number of nitrogens with one attached hydrogen (secondary N) is 1. The zero-order chi connectivity index (χ0) is 9.14. The molecule has 0 aliphatic carbocycles. The van der Waals surface area contributed by atoms with E-state index >= 15 is 0 Å². The van der Waals surface area contributed by atoms with Crippen LogP contribution in [0.3, 0.4) is 0 Å². The second-order valence-corrected chi connectivity index (χ2v) is 2.97. The first kappa shape index (κ1) is 9.18. The number of halogens is 2. The lowest BCUT2D eigenvalue weighted by molar-refractivity contribution is 0.436. The summed E-state index contributed by atoms with van der Waals surface area (Å²) < 4.78 is 13.1. The molecule has 0 spiro atoms. The van der Waals surface area contributed by atoms with E-state index < -0.39 is 17.9 Å². The van der Waals surface area contributed by atoms with E-state index in [-0.39, 0.29) is 11.0 Å². The zero-order valence-corrected chi connectivity index (χ0v) is 7.60. The first-order chi connectivity index (χ1) is 5.65. The van der Waals surface area contributed by atoms with Crippen LogP contribution in [0.25, 0.3) is 0 Å². The fraction of sp³-hybridized carbons (Fsp3) is 0.333. The van der Waals surface area contributed by atoms with Gasteiger partial charge in [-0.3, -0.25) is 14.3 Å². The third-order valence-corrected chi connectivity index (χ3v) is 1.86. The van der Waals surface area contributed by atoms with Crippen LogP contribution >= 0.6 is 15.9 Å². The summed E-state index contributed by atoms with van der Waals surface area (Å²) in [5, 5.41) is 0. The van der Waals surface area contributed by atoms with E-state index in [0.29, 0.717) is 0 Å². The number of aromatic nitrogens is 2. The molecule has 12 heavy (non-hydrogen) atoms. The molecule has 0 bridgehead atoms. The first-order valence-electron chi connectivity index (χ1n) is 3.20. The molecular formula is C6H6BrFN2O2. The highest BCUT2D eigenvalue weighted by Crippen LogP contribution is 1.97. The number of nitrogens with zero attached hydrogens (tertiary/aromatic N) is 1. The Kier molecular flexibility index (Phi) is 2.80. The van der Waals surface area contributed by atoms with Gasteiger partial charge >= 0.3 is 5.69 Å². The molecule has 0 radical (unpaired) electrons. The quantitative estimate of drug-likeness (QED) is 0.802. The van der Waals surface area contributed by atoms with Crippen LogP contribution in [0.1, 0.15) is 0 Å². The van der Waals surface area contributed by atoms with Crippen LogP contribution in [0.4, 0.5) is 4.39 Å². The second kappa shape index (κ2) is 3.66. The number of hydrogen-bond donors (Lipinski definition) is 1. The Bertz CT molecular complexity index is 384. The summed E-state index contributed by atoms with van der Waals surface area (Å²) in [6.45, 7) is -0.688. The third kappa shape index (κ3) is 1.82. The minimum Gasteiger partial charge on any atom is -0.297 e. The van der Waals surface area contributed by atoms with Gasteiger partial charge in [0.05, 0.1) is 11.0 Å². The van der Waals surface area contributed by atoms with E-state index in [1.165, 1.54) is 6.20 Å². The molecule has 1 heterocycles. The van der Waals surface area contributed by atoms with Crippen LogP contribution in [0, 0.1) is 0 Å². The summed E-state index contributed by atoms with van der Waals surface area (Å²) in [4.78, 5) is 23.7. The lowest BCUT2D eigenvalue weighted by atomic mass is 10.6. The maximum absolute atomic E-state index is 11.8. The van der Waals surface area contributed by atoms with Gasteiger partial charge in [0.2, 0.25) is 0 Å². The topological polar surface area (TPSA) is 54.9 Å². The Balaban J connectivity index is 3.24. The summed E-state index contributed by atoms with van der Waals surface area (Å²) in [6, 6.07) is 0. The van der Waals surface area contributed by atoms with E-state index in [2.05, 4.69) is 15.9 Å². The molecule has 1 N–H and O–H groups in total. The highest BCUT2D eigenvalue weighted by molar-refractivity contribution is 9.10. The normalized spacial score (nSPS) is 10.2. The van der Waals surface area contributed by atoms with E-state index in [1.807, 2.05) is 4.98 Å². The fourth-order valence-corrected chi connectivity index (χ4v) is 1.09. The van der Waals surface area contributed by atoms with Crippen LogP contribution in [-0.2, 0) is 6.54 Å². The highest BCUT2D eigenvalue weighted by Gasteiger charge is 2.00. The molecule has 0 unspecified atom stereocenters. The molecule has 0 aliphatic rings. The van der Waals surface area contributed by atoms with Crippen molar-refractivity contribution in [3.8, 4) is 0 Å². The molecule has 0 amide bonds. The van der Waals surface area contributed by atoms with E-state index in [9.17, 15) is 14.0 Å². The Labute approximate surface area is 75.2 Å². The summed E-state index contributed by atoms with van der Waals surface area (Å²) in [5.41, 5.74) is -1.10. The van der Waals surface area contributed by atoms with Crippen LogP contribution in [0.15, 0.2) is 20.3 Å². The average Bonchev–Trinajstić information content (AvgIpc) is 2.01. The highest BCUT2D eigenvalue weighted by atomic mass is 79.9. The smallest absolute Gasteiger partial charge is 0.297 e. The van der Waals surface area contributed by atoms with E-state index in [4.69, 9.17) is 0 Å². The molecule has 1 aromatic heterocycles. The van der Waals surface area contributed by atoms with Gasteiger partial charge in [0.1, 0.15) is 6.67 Å². The molecule has 6 heteroatoms. The van der Waals surface area contributed by atoms with Crippen molar-refractivity contribution in [2.75, 3.05) is 6.67 Å². The van der Waals surface area contributed by atoms with Crippen molar-refractivity contribution < 1.29 is 4.39 Å². The fourth-order valence-electron chi connectivity index (χ4n) is 0.740. The zero-order valence-electron chi connectivity index (χ0n) is 6.01. The van der Waals surface area contributed by atoms with Crippen molar-refractivity contribution in [3.63, 3.8) is 0 Å². The Morgan fingerprint density at radius 1 is 1.58 bits per heavy atom. The average molecular weight is 237 g/mol. The number of H-pyrrole nitrogens is 1. The van der Waals surface area contributed by atoms with Gasteiger partial charge in [-0.25, -0.2) is 9.18 Å². The summed E-state index contributed by atoms with van der Waals surface area (Å²) in [5.74, 6) is 0. The molecule has 1 rings (SSSR count). The third-order valence-electron chi connectivity index (χ3n) is 1.29. The van der Waals surface area contributed by atoms with Gasteiger partial charge in [0.15, 0.2) is 0 Å². The summed E-state index contributed by atoms with van der Waals surface area (Å²) in [6.07, 6.45) is 1.26. The lowest BCUT2D eigenvalue weighted by Gasteiger charge is -2.00. The van der Waals surface area contributed by atoms with Gasteiger partial charge < -0.3 is 0 Å². The number of rotatable bonds is 2. The minimum absolute atomic E-state index is 0.0474. The van der Waals surface area contributed by atoms with Crippen molar-refractivity contribution in [1.82, 2.24) is 9.55 Å². The molecule has 0 atom stereocenters. The van der Waals surface area contributed by atoms with Gasteiger partial charge in [-0.2, -0.15) is 0 Å². The van der Waals surface area contributed by atoms with Crippen LogP contribution in [0.2, 0.25) is 0 Å². The van der Waals surface area contributed by atoms with Crippen molar-refractivity contribution in [2.24, 2.45) is 0 Å². The molecule has 0 fully saturated rings. The van der Waals surface area contributed by atoms with Gasteiger partial charge in [-0.05, 0) is 15.9 Å². The number of alkyl halides is 1. The molecule has 0 saturated heterocycles. The lowest BCUT2D eigenvalue weighted by Crippen LogP contribution is -2.30. The molecular weight excluding hydrogens is 231 g/mol. The predicted octanol–water partition coefficient (Wildman–Crippen LogP) is 0.269. The van der Waals surface area contributed by atoms with Crippen molar-refractivity contribution in [2.45, 2.75) is 6.54 Å². The number of aromatic amines is 1. The molecule has 1 aromatic rings. The number of aryl methyl sites for hydroxylation is 1.